The second-order valence-electron chi connectivity index (χ2n) is 4.41. The fraction of sp³-hybridized carbons (Fsp3) is 0.667. The Bertz CT molecular complexity index is 318. The van der Waals surface area contributed by atoms with Gasteiger partial charge in [-0.15, -0.1) is 0 Å². The zero-order chi connectivity index (χ0) is 10.7. The summed E-state index contributed by atoms with van der Waals surface area (Å²) in [7, 11) is 0. The smallest absolute Gasteiger partial charge is 0.134 e. The van der Waals surface area contributed by atoms with Crippen molar-refractivity contribution in [3.63, 3.8) is 0 Å². The lowest BCUT2D eigenvalue weighted by atomic mass is 9.81. The molecule has 0 amide bonds. The quantitative estimate of drug-likeness (QED) is 0.762. The fourth-order valence-electron chi connectivity index (χ4n) is 2.56. The SMILES string of the molecule is CCCC1CCC(=O)CC1n1ccnc1. The number of aromatic nitrogens is 2. The molecule has 82 valence electrons. The first kappa shape index (κ1) is 10.4. The highest BCUT2D eigenvalue weighted by Crippen LogP contribution is 2.34. The maximum absolute atomic E-state index is 11.5. The normalized spacial score (nSPS) is 26.9. The molecule has 0 aromatic carbocycles. The number of carbonyl (C=O) groups excluding carboxylic acids is 1. The molecule has 2 rings (SSSR count). The maximum atomic E-state index is 11.5. The lowest BCUT2D eigenvalue weighted by molar-refractivity contribution is -0.122. The summed E-state index contributed by atoms with van der Waals surface area (Å²) in [5.41, 5.74) is 0. The molecule has 0 radical (unpaired) electrons. The van der Waals surface area contributed by atoms with Crippen molar-refractivity contribution in [1.82, 2.24) is 9.55 Å². The molecule has 0 N–H and O–H groups in total. The molecule has 0 aliphatic heterocycles. The summed E-state index contributed by atoms with van der Waals surface area (Å²) >= 11 is 0. The van der Waals surface area contributed by atoms with Crippen molar-refractivity contribution in [1.29, 1.82) is 0 Å². The predicted octanol–water partition coefficient (Wildman–Crippen LogP) is 2.59. The van der Waals surface area contributed by atoms with Crippen LogP contribution in [0.2, 0.25) is 0 Å². The van der Waals surface area contributed by atoms with Crippen LogP contribution in [-0.4, -0.2) is 15.3 Å². The van der Waals surface area contributed by atoms with Crippen LogP contribution in [0, 0.1) is 5.92 Å². The third-order valence-electron chi connectivity index (χ3n) is 3.34. The summed E-state index contributed by atoms with van der Waals surface area (Å²) in [4.78, 5) is 15.6. The molecule has 1 aliphatic carbocycles. The van der Waals surface area contributed by atoms with Crippen LogP contribution in [0.3, 0.4) is 0 Å². The molecular formula is C12H18N2O. The molecule has 0 spiro atoms. The van der Waals surface area contributed by atoms with Gasteiger partial charge in [0.05, 0.1) is 6.33 Å². The van der Waals surface area contributed by atoms with E-state index in [0.29, 0.717) is 24.2 Å². The number of imidazole rings is 1. The van der Waals surface area contributed by atoms with Gasteiger partial charge in [0.2, 0.25) is 0 Å². The van der Waals surface area contributed by atoms with E-state index in [0.717, 1.165) is 12.8 Å². The molecule has 1 aliphatic rings. The number of ketones is 1. The van der Waals surface area contributed by atoms with E-state index in [1.54, 1.807) is 6.20 Å². The summed E-state index contributed by atoms with van der Waals surface area (Å²) in [5.74, 6) is 1.06. The molecule has 1 fully saturated rings. The van der Waals surface area contributed by atoms with Gasteiger partial charge < -0.3 is 4.57 Å². The molecule has 3 heteroatoms. The minimum Gasteiger partial charge on any atom is -0.334 e. The van der Waals surface area contributed by atoms with E-state index in [1.165, 1.54) is 12.8 Å². The van der Waals surface area contributed by atoms with E-state index in [9.17, 15) is 4.79 Å². The van der Waals surface area contributed by atoms with Gasteiger partial charge in [-0.1, -0.05) is 13.3 Å². The number of Topliss-reactive ketones (excluding diaryl/α,β-unsaturated/α-hetero) is 1. The number of carbonyl (C=O) groups is 1. The van der Waals surface area contributed by atoms with Crippen LogP contribution in [0.5, 0.6) is 0 Å². The highest BCUT2D eigenvalue weighted by atomic mass is 16.1. The van der Waals surface area contributed by atoms with Crippen LogP contribution in [0.4, 0.5) is 0 Å². The van der Waals surface area contributed by atoms with E-state index in [4.69, 9.17) is 0 Å². The molecule has 2 unspecified atom stereocenters. The Morgan fingerprint density at radius 1 is 1.60 bits per heavy atom. The van der Waals surface area contributed by atoms with Crippen LogP contribution >= 0.6 is 0 Å². The van der Waals surface area contributed by atoms with Gasteiger partial charge in [0.1, 0.15) is 5.78 Å². The van der Waals surface area contributed by atoms with Crippen LogP contribution in [0.25, 0.3) is 0 Å². The molecule has 2 atom stereocenters. The summed E-state index contributed by atoms with van der Waals surface area (Å²) in [6.45, 7) is 2.21. The van der Waals surface area contributed by atoms with Crippen LogP contribution < -0.4 is 0 Å². The van der Waals surface area contributed by atoms with Gasteiger partial charge in [-0.2, -0.15) is 0 Å². The largest absolute Gasteiger partial charge is 0.334 e. The van der Waals surface area contributed by atoms with Gasteiger partial charge >= 0.3 is 0 Å². The number of hydrogen-bond acceptors (Lipinski definition) is 2. The molecule has 3 nitrogen and oxygen atoms in total. The average Bonchev–Trinajstić information content (AvgIpc) is 2.74. The van der Waals surface area contributed by atoms with Crippen molar-refractivity contribution >= 4 is 5.78 Å². The van der Waals surface area contributed by atoms with Crippen molar-refractivity contribution in [3.05, 3.63) is 18.7 Å². The topological polar surface area (TPSA) is 34.9 Å². The van der Waals surface area contributed by atoms with E-state index >= 15 is 0 Å². The number of hydrogen-bond donors (Lipinski definition) is 0. The lowest BCUT2D eigenvalue weighted by Gasteiger charge is -2.31. The second kappa shape index (κ2) is 4.60. The Hall–Kier alpha value is -1.12. The number of nitrogens with zero attached hydrogens (tertiary/aromatic N) is 2. The first-order valence-electron chi connectivity index (χ1n) is 5.80. The maximum Gasteiger partial charge on any atom is 0.134 e. The van der Waals surface area contributed by atoms with Gasteiger partial charge in [-0.05, 0) is 18.8 Å². The monoisotopic (exact) mass is 206 g/mol. The molecule has 1 saturated carbocycles. The molecule has 0 bridgehead atoms. The minimum absolute atomic E-state index is 0.355. The predicted molar refractivity (Wildman–Crippen MR) is 58.5 cm³/mol. The molecular weight excluding hydrogens is 188 g/mol. The van der Waals surface area contributed by atoms with Gasteiger partial charge in [-0.25, -0.2) is 4.98 Å². The average molecular weight is 206 g/mol. The molecule has 1 aromatic heterocycles. The van der Waals surface area contributed by atoms with Crippen LogP contribution in [-0.2, 0) is 4.79 Å². The Morgan fingerprint density at radius 3 is 3.13 bits per heavy atom. The Kier molecular flexibility index (Phi) is 3.19. The standard InChI is InChI=1S/C12H18N2O/c1-2-3-10-4-5-11(15)8-12(10)14-7-6-13-9-14/h6-7,9-10,12H,2-5,8H2,1H3. The second-order valence-corrected chi connectivity index (χ2v) is 4.41. The molecule has 15 heavy (non-hydrogen) atoms. The minimum atomic E-state index is 0.355. The van der Waals surface area contributed by atoms with Gasteiger partial charge in [0.15, 0.2) is 0 Å². The third kappa shape index (κ3) is 2.28. The summed E-state index contributed by atoms with van der Waals surface area (Å²) in [6, 6.07) is 0.355. The van der Waals surface area contributed by atoms with Crippen molar-refractivity contribution in [2.24, 2.45) is 5.92 Å². The zero-order valence-electron chi connectivity index (χ0n) is 9.22. The summed E-state index contributed by atoms with van der Waals surface area (Å²) in [5, 5.41) is 0. The first-order valence-corrected chi connectivity index (χ1v) is 5.80. The van der Waals surface area contributed by atoms with Crippen LogP contribution in [0.1, 0.15) is 45.1 Å². The van der Waals surface area contributed by atoms with Crippen LogP contribution in [0.15, 0.2) is 18.7 Å². The van der Waals surface area contributed by atoms with E-state index in [1.807, 2.05) is 12.5 Å². The lowest BCUT2D eigenvalue weighted by Crippen LogP contribution is -2.27. The molecule has 1 aromatic rings. The highest BCUT2D eigenvalue weighted by molar-refractivity contribution is 5.79. The van der Waals surface area contributed by atoms with Crippen molar-refractivity contribution in [2.45, 2.75) is 45.1 Å². The molecule has 1 heterocycles. The van der Waals surface area contributed by atoms with Crippen molar-refractivity contribution in [2.75, 3.05) is 0 Å². The van der Waals surface area contributed by atoms with Crippen molar-refractivity contribution in [3.8, 4) is 0 Å². The number of rotatable bonds is 3. The fourth-order valence-corrected chi connectivity index (χ4v) is 2.56. The van der Waals surface area contributed by atoms with E-state index in [2.05, 4.69) is 16.5 Å². The highest BCUT2D eigenvalue weighted by Gasteiger charge is 2.29. The van der Waals surface area contributed by atoms with Crippen molar-refractivity contribution < 1.29 is 4.79 Å². The van der Waals surface area contributed by atoms with E-state index in [-0.39, 0.29) is 0 Å². The zero-order valence-corrected chi connectivity index (χ0v) is 9.22. The van der Waals surface area contributed by atoms with E-state index < -0.39 is 0 Å². The Morgan fingerprint density at radius 2 is 2.47 bits per heavy atom. The van der Waals surface area contributed by atoms with Gasteiger partial charge in [-0.3, -0.25) is 4.79 Å². The molecule has 0 saturated heterocycles. The summed E-state index contributed by atoms with van der Waals surface area (Å²) < 4.78 is 2.11. The van der Waals surface area contributed by atoms with Gasteiger partial charge in [0, 0.05) is 31.3 Å². The summed E-state index contributed by atoms with van der Waals surface area (Å²) in [6.07, 6.45) is 10.5. The Labute approximate surface area is 90.5 Å². The first-order chi connectivity index (χ1) is 7.31. The van der Waals surface area contributed by atoms with Gasteiger partial charge in [0.25, 0.3) is 0 Å². The third-order valence-corrected chi connectivity index (χ3v) is 3.34. The Balaban J connectivity index is 2.13.